The van der Waals surface area contributed by atoms with Crippen molar-refractivity contribution in [1.29, 1.82) is 0 Å². The molecule has 2 atom stereocenters. The third kappa shape index (κ3) is 5.29. The Labute approximate surface area is 202 Å². The molecular weight excluding hydrogens is 432 g/mol. The van der Waals surface area contributed by atoms with Gasteiger partial charge in [-0.15, -0.1) is 0 Å². The molecule has 0 saturated carbocycles. The van der Waals surface area contributed by atoms with E-state index in [1.807, 2.05) is 54.3 Å². The SMILES string of the molecule is CCCCN(CC)C(=O)[C@H]1CCC(=O)N(c2ccc(OC)cc2)[C@@H]1c1ccc(OC)c(OC)c1. The van der Waals surface area contributed by atoms with Crippen LogP contribution in [0.15, 0.2) is 42.5 Å². The van der Waals surface area contributed by atoms with Gasteiger partial charge in [0.25, 0.3) is 0 Å². The summed E-state index contributed by atoms with van der Waals surface area (Å²) in [7, 11) is 4.78. The molecule has 7 heteroatoms. The quantitative estimate of drug-likeness (QED) is 0.499. The summed E-state index contributed by atoms with van der Waals surface area (Å²) < 4.78 is 16.3. The Morgan fingerprint density at radius 1 is 1.00 bits per heavy atom. The third-order valence-corrected chi connectivity index (χ3v) is 6.49. The van der Waals surface area contributed by atoms with Gasteiger partial charge in [0, 0.05) is 25.2 Å². The monoisotopic (exact) mass is 468 g/mol. The van der Waals surface area contributed by atoms with E-state index in [-0.39, 0.29) is 17.7 Å². The Bertz CT molecular complexity index is 975. The molecule has 3 rings (SSSR count). The van der Waals surface area contributed by atoms with Gasteiger partial charge in [0.2, 0.25) is 11.8 Å². The smallest absolute Gasteiger partial charge is 0.228 e. The number of nitrogens with zero attached hydrogens (tertiary/aromatic N) is 2. The number of rotatable bonds is 10. The highest BCUT2D eigenvalue weighted by Crippen LogP contribution is 2.43. The van der Waals surface area contributed by atoms with Gasteiger partial charge in [0.15, 0.2) is 11.5 Å². The van der Waals surface area contributed by atoms with E-state index in [1.54, 1.807) is 26.2 Å². The number of hydrogen-bond donors (Lipinski definition) is 0. The summed E-state index contributed by atoms with van der Waals surface area (Å²) in [4.78, 5) is 30.8. The minimum Gasteiger partial charge on any atom is -0.497 e. The van der Waals surface area contributed by atoms with Crippen LogP contribution in [0.5, 0.6) is 17.2 Å². The van der Waals surface area contributed by atoms with Crippen LogP contribution in [-0.4, -0.2) is 51.1 Å². The van der Waals surface area contributed by atoms with Gasteiger partial charge in [0.05, 0.1) is 33.3 Å². The predicted molar refractivity (Wildman–Crippen MR) is 133 cm³/mol. The predicted octanol–water partition coefficient (Wildman–Crippen LogP) is 4.85. The summed E-state index contributed by atoms with van der Waals surface area (Å²) in [5, 5.41) is 0. The maximum atomic E-state index is 13.8. The van der Waals surface area contributed by atoms with Crippen LogP contribution in [0.4, 0.5) is 5.69 Å². The number of carbonyl (C=O) groups is 2. The normalized spacial score (nSPS) is 17.9. The lowest BCUT2D eigenvalue weighted by Gasteiger charge is -2.42. The lowest BCUT2D eigenvalue weighted by Crippen LogP contribution is -2.49. The van der Waals surface area contributed by atoms with E-state index in [1.165, 1.54) is 0 Å². The Morgan fingerprint density at radius 2 is 1.71 bits per heavy atom. The van der Waals surface area contributed by atoms with Crippen LogP contribution in [-0.2, 0) is 9.59 Å². The van der Waals surface area contributed by atoms with Gasteiger partial charge < -0.3 is 24.0 Å². The molecule has 1 aliphatic rings. The van der Waals surface area contributed by atoms with Gasteiger partial charge in [-0.05, 0) is 61.7 Å². The number of anilines is 1. The Morgan fingerprint density at radius 3 is 2.29 bits per heavy atom. The first-order valence-corrected chi connectivity index (χ1v) is 12.0. The third-order valence-electron chi connectivity index (χ3n) is 6.49. The molecule has 1 fully saturated rings. The number of amides is 2. The van der Waals surface area contributed by atoms with E-state index in [9.17, 15) is 9.59 Å². The topological polar surface area (TPSA) is 68.3 Å². The maximum absolute atomic E-state index is 13.8. The summed E-state index contributed by atoms with van der Waals surface area (Å²) in [6, 6.07) is 12.6. The zero-order chi connectivity index (χ0) is 24.7. The molecule has 0 N–H and O–H groups in total. The van der Waals surface area contributed by atoms with Crippen molar-refractivity contribution >= 4 is 17.5 Å². The Kier molecular flexibility index (Phi) is 8.79. The first-order chi connectivity index (χ1) is 16.5. The van der Waals surface area contributed by atoms with Crippen molar-refractivity contribution in [3.8, 4) is 17.2 Å². The molecule has 2 aromatic carbocycles. The van der Waals surface area contributed by atoms with Crippen molar-refractivity contribution in [3.05, 3.63) is 48.0 Å². The fourth-order valence-electron chi connectivity index (χ4n) is 4.62. The lowest BCUT2D eigenvalue weighted by molar-refractivity contribution is -0.138. The average Bonchev–Trinajstić information content (AvgIpc) is 2.88. The highest BCUT2D eigenvalue weighted by molar-refractivity contribution is 5.97. The van der Waals surface area contributed by atoms with Crippen LogP contribution in [0.3, 0.4) is 0 Å². The standard InChI is InChI=1S/C27H36N2O5/c1-6-8-17-28(7-2)27(31)22-14-16-25(30)29(20-10-12-21(32-3)13-11-20)26(22)19-9-15-23(33-4)24(18-19)34-5/h9-13,15,18,22,26H,6-8,14,16-17H2,1-5H3/t22-,26+/m0/s1. The molecule has 0 aromatic heterocycles. The summed E-state index contributed by atoms with van der Waals surface area (Å²) in [5.74, 6) is 1.59. The van der Waals surface area contributed by atoms with Gasteiger partial charge >= 0.3 is 0 Å². The van der Waals surface area contributed by atoms with E-state index >= 15 is 0 Å². The fourth-order valence-corrected chi connectivity index (χ4v) is 4.62. The molecule has 184 valence electrons. The van der Waals surface area contributed by atoms with Crippen LogP contribution in [0.2, 0.25) is 0 Å². The van der Waals surface area contributed by atoms with Crippen LogP contribution in [0.1, 0.15) is 51.1 Å². The van der Waals surface area contributed by atoms with Gasteiger partial charge in [-0.2, -0.15) is 0 Å². The molecule has 2 amide bonds. The minimum atomic E-state index is -0.461. The van der Waals surface area contributed by atoms with Crippen molar-refractivity contribution < 1.29 is 23.8 Å². The van der Waals surface area contributed by atoms with Gasteiger partial charge in [-0.1, -0.05) is 19.4 Å². The van der Waals surface area contributed by atoms with Crippen LogP contribution < -0.4 is 19.1 Å². The number of hydrogen-bond acceptors (Lipinski definition) is 5. The lowest BCUT2D eigenvalue weighted by atomic mass is 9.82. The number of ether oxygens (including phenoxy) is 3. The summed E-state index contributed by atoms with van der Waals surface area (Å²) in [5.41, 5.74) is 1.58. The van der Waals surface area contributed by atoms with Crippen LogP contribution in [0.25, 0.3) is 0 Å². The molecule has 0 bridgehead atoms. The maximum Gasteiger partial charge on any atom is 0.228 e. The molecule has 0 unspecified atom stereocenters. The second-order valence-corrected chi connectivity index (χ2v) is 8.44. The van der Waals surface area contributed by atoms with E-state index in [0.717, 1.165) is 30.6 Å². The number of carbonyl (C=O) groups excluding carboxylic acids is 2. The van der Waals surface area contributed by atoms with E-state index in [4.69, 9.17) is 14.2 Å². The first kappa shape index (κ1) is 25.4. The Hall–Kier alpha value is -3.22. The molecule has 1 aliphatic heterocycles. The summed E-state index contributed by atoms with van der Waals surface area (Å²) in [6.45, 7) is 5.49. The van der Waals surface area contributed by atoms with Gasteiger partial charge in [-0.3, -0.25) is 9.59 Å². The van der Waals surface area contributed by atoms with E-state index < -0.39 is 6.04 Å². The zero-order valence-corrected chi connectivity index (χ0v) is 20.9. The number of methoxy groups -OCH3 is 3. The Balaban J connectivity index is 2.10. The second kappa shape index (κ2) is 11.8. The summed E-state index contributed by atoms with van der Waals surface area (Å²) >= 11 is 0. The van der Waals surface area contributed by atoms with Crippen molar-refractivity contribution in [2.45, 2.75) is 45.6 Å². The molecule has 1 heterocycles. The molecule has 1 saturated heterocycles. The van der Waals surface area contributed by atoms with Crippen molar-refractivity contribution in [2.24, 2.45) is 5.92 Å². The highest BCUT2D eigenvalue weighted by atomic mass is 16.5. The molecule has 7 nitrogen and oxygen atoms in total. The number of piperidine rings is 1. The summed E-state index contributed by atoms with van der Waals surface area (Å²) in [6.07, 6.45) is 2.79. The zero-order valence-electron chi connectivity index (χ0n) is 20.9. The molecule has 34 heavy (non-hydrogen) atoms. The van der Waals surface area contributed by atoms with Gasteiger partial charge in [-0.25, -0.2) is 0 Å². The molecular formula is C27H36N2O5. The van der Waals surface area contributed by atoms with E-state index in [0.29, 0.717) is 36.6 Å². The van der Waals surface area contributed by atoms with Gasteiger partial charge in [0.1, 0.15) is 5.75 Å². The van der Waals surface area contributed by atoms with Crippen molar-refractivity contribution in [2.75, 3.05) is 39.3 Å². The fraction of sp³-hybridized carbons (Fsp3) is 0.481. The first-order valence-electron chi connectivity index (χ1n) is 12.0. The van der Waals surface area contributed by atoms with Crippen LogP contribution in [0, 0.1) is 5.92 Å². The number of unbranched alkanes of at least 4 members (excludes halogenated alkanes) is 1. The largest absolute Gasteiger partial charge is 0.497 e. The molecule has 0 radical (unpaired) electrons. The van der Waals surface area contributed by atoms with Crippen molar-refractivity contribution in [3.63, 3.8) is 0 Å². The molecule has 0 aliphatic carbocycles. The van der Waals surface area contributed by atoms with E-state index in [2.05, 4.69) is 6.92 Å². The van der Waals surface area contributed by atoms with Crippen molar-refractivity contribution in [1.82, 2.24) is 4.90 Å². The molecule has 2 aromatic rings. The van der Waals surface area contributed by atoms with Crippen LogP contribution >= 0.6 is 0 Å². The number of benzene rings is 2. The molecule has 0 spiro atoms. The highest BCUT2D eigenvalue weighted by Gasteiger charge is 2.43. The average molecular weight is 469 g/mol. The second-order valence-electron chi connectivity index (χ2n) is 8.44. The minimum absolute atomic E-state index is 0.00870.